The number of hydrazone groups is 1. The standard InChI is InChI=1S/C25H26N4O3/c1-31-21-11-7-18(8-12-21)16-26-29-25(30)24-15-23(27-28-24)20-9-13-22(14-10-20)32-17-19-5-3-2-4-6-19/h2-14,16,23-24,27-28H,15,17H2,1H3,(H,29,30)/b26-16+. The van der Waals surface area contributed by atoms with E-state index in [9.17, 15) is 4.79 Å². The summed E-state index contributed by atoms with van der Waals surface area (Å²) in [6.07, 6.45) is 2.22. The summed E-state index contributed by atoms with van der Waals surface area (Å²) >= 11 is 0. The van der Waals surface area contributed by atoms with Crippen LogP contribution in [0.3, 0.4) is 0 Å². The Hall–Kier alpha value is -3.68. The Morgan fingerprint density at radius 3 is 2.44 bits per heavy atom. The molecule has 1 saturated heterocycles. The number of ether oxygens (including phenoxy) is 2. The van der Waals surface area contributed by atoms with Gasteiger partial charge in [-0.15, -0.1) is 0 Å². The zero-order valence-electron chi connectivity index (χ0n) is 17.8. The molecule has 3 aromatic carbocycles. The van der Waals surface area contributed by atoms with Crippen molar-refractivity contribution in [2.24, 2.45) is 5.10 Å². The van der Waals surface area contributed by atoms with Crippen molar-refractivity contribution < 1.29 is 14.3 Å². The maximum absolute atomic E-state index is 12.4. The summed E-state index contributed by atoms with van der Waals surface area (Å²) < 4.78 is 11.0. The Labute approximate surface area is 187 Å². The summed E-state index contributed by atoms with van der Waals surface area (Å²) in [5, 5.41) is 4.05. The third-order valence-corrected chi connectivity index (χ3v) is 5.25. The van der Waals surface area contributed by atoms with Gasteiger partial charge in [0.1, 0.15) is 24.1 Å². The molecule has 1 amide bonds. The molecule has 4 rings (SSSR count). The maximum atomic E-state index is 12.4. The number of hydrogen-bond donors (Lipinski definition) is 3. The van der Waals surface area contributed by atoms with Crippen molar-refractivity contribution in [2.45, 2.75) is 25.1 Å². The average molecular weight is 431 g/mol. The minimum atomic E-state index is -0.373. The number of amides is 1. The van der Waals surface area contributed by atoms with Crippen molar-refractivity contribution in [1.29, 1.82) is 0 Å². The Morgan fingerprint density at radius 2 is 1.72 bits per heavy atom. The summed E-state index contributed by atoms with van der Waals surface area (Å²) in [7, 11) is 1.62. The fraction of sp³-hybridized carbons (Fsp3) is 0.200. The number of nitrogens with zero attached hydrogens (tertiary/aromatic N) is 1. The third-order valence-electron chi connectivity index (χ3n) is 5.25. The third kappa shape index (κ3) is 5.72. The number of hydrazine groups is 1. The summed E-state index contributed by atoms with van der Waals surface area (Å²) in [5.74, 6) is 1.40. The molecule has 0 bridgehead atoms. The van der Waals surface area contributed by atoms with Gasteiger partial charge in [-0.2, -0.15) is 5.10 Å². The second-order valence-electron chi connectivity index (χ2n) is 7.48. The van der Waals surface area contributed by atoms with Crippen LogP contribution in [-0.4, -0.2) is 25.3 Å². The van der Waals surface area contributed by atoms with Crippen LogP contribution in [0.15, 0.2) is 84.0 Å². The predicted octanol–water partition coefficient (Wildman–Crippen LogP) is 3.33. The first-order valence-corrected chi connectivity index (χ1v) is 10.5. The van der Waals surface area contributed by atoms with Crippen LogP contribution in [0.1, 0.15) is 29.2 Å². The lowest BCUT2D eigenvalue weighted by molar-refractivity contribution is -0.122. The van der Waals surface area contributed by atoms with Gasteiger partial charge in [-0.25, -0.2) is 16.3 Å². The molecule has 7 heteroatoms. The molecule has 1 heterocycles. The number of rotatable bonds is 8. The van der Waals surface area contributed by atoms with Gasteiger partial charge in [-0.1, -0.05) is 42.5 Å². The van der Waals surface area contributed by atoms with Crippen molar-refractivity contribution in [3.8, 4) is 11.5 Å². The van der Waals surface area contributed by atoms with E-state index in [1.165, 1.54) is 0 Å². The molecule has 1 aliphatic heterocycles. The second-order valence-corrected chi connectivity index (χ2v) is 7.48. The van der Waals surface area contributed by atoms with Crippen molar-refractivity contribution in [2.75, 3.05) is 7.11 Å². The van der Waals surface area contributed by atoms with Gasteiger partial charge in [0.05, 0.1) is 13.3 Å². The highest BCUT2D eigenvalue weighted by molar-refractivity contribution is 5.85. The van der Waals surface area contributed by atoms with Gasteiger partial charge < -0.3 is 9.47 Å². The molecule has 0 aromatic heterocycles. The quantitative estimate of drug-likeness (QED) is 0.377. The monoisotopic (exact) mass is 430 g/mol. The summed E-state index contributed by atoms with van der Waals surface area (Å²) in [6.45, 7) is 0.530. The highest BCUT2D eigenvalue weighted by Crippen LogP contribution is 2.24. The largest absolute Gasteiger partial charge is 0.497 e. The van der Waals surface area contributed by atoms with Crippen molar-refractivity contribution in [3.63, 3.8) is 0 Å². The van der Waals surface area contributed by atoms with Gasteiger partial charge >= 0.3 is 0 Å². The number of hydrogen-bond acceptors (Lipinski definition) is 6. The molecule has 2 unspecified atom stereocenters. The lowest BCUT2D eigenvalue weighted by atomic mass is 10.0. The zero-order chi connectivity index (χ0) is 22.2. The van der Waals surface area contributed by atoms with Crippen molar-refractivity contribution >= 4 is 12.1 Å². The van der Waals surface area contributed by atoms with Crippen LogP contribution in [0.2, 0.25) is 0 Å². The number of benzene rings is 3. The number of carbonyl (C=O) groups excluding carboxylic acids is 1. The van der Waals surface area contributed by atoms with Crippen LogP contribution in [0.5, 0.6) is 11.5 Å². The molecule has 2 atom stereocenters. The Bertz CT molecular complexity index is 1040. The fourth-order valence-corrected chi connectivity index (χ4v) is 3.42. The summed E-state index contributed by atoms with van der Waals surface area (Å²) in [6, 6.07) is 25.1. The van der Waals surface area contributed by atoms with E-state index in [1.807, 2.05) is 78.9 Å². The maximum Gasteiger partial charge on any atom is 0.258 e. The smallest absolute Gasteiger partial charge is 0.258 e. The van der Waals surface area contributed by atoms with Crippen LogP contribution in [-0.2, 0) is 11.4 Å². The first kappa shape index (κ1) is 21.5. The summed E-state index contributed by atoms with van der Waals surface area (Å²) in [4.78, 5) is 12.4. The Morgan fingerprint density at radius 1 is 1.00 bits per heavy atom. The van der Waals surface area contributed by atoms with E-state index in [4.69, 9.17) is 9.47 Å². The lowest BCUT2D eigenvalue weighted by Gasteiger charge is -2.11. The van der Waals surface area contributed by atoms with Gasteiger partial charge in [0.2, 0.25) is 0 Å². The highest BCUT2D eigenvalue weighted by atomic mass is 16.5. The van der Waals surface area contributed by atoms with Gasteiger partial charge in [0, 0.05) is 6.04 Å². The van der Waals surface area contributed by atoms with Crippen molar-refractivity contribution in [1.82, 2.24) is 16.3 Å². The van der Waals surface area contributed by atoms with E-state index in [-0.39, 0.29) is 18.0 Å². The number of methoxy groups -OCH3 is 1. The van der Waals surface area contributed by atoms with E-state index >= 15 is 0 Å². The van der Waals surface area contributed by atoms with Gasteiger partial charge in [0.25, 0.3) is 5.91 Å². The molecule has 0 saturated carbocycles. The predicted molar refractivity (Wildman–Crippen MR) is 123 cm³/mol. The van der Waals surface area contributed by atoms with Gasteiger partial charge in [-0.05, 0) is 59.5 Å². The Balaban J connectivity index is 1.25. The van der Waals surface area contributed by atoms with E-state index in [0.717, 1.165) is 28.2 Å². The molecule has 164 valence electrons. The summed E-state index contributed by atoms with van der Waals surface area (Å²) in [5.41, 5.74) is 11.9. The van der Waals surface area contributed by atoms with Crippen LogP contribution in [0.4, 0.5) is 0 Å². The molecule has 1 fully saturated rings. The van der Waals surface area contributed by atoms with Crippen LogP contribution >= 0.6 is 0 Å². The van der Waals surface area contributed by atoms with Gasteiger partial charge in [0.15, 0.2) is 0 Å². The molecule has 3 aromatic rings. The van der Waals surface area contributed by atoms with Crippen molar-refractivity contribution in [3.05, 3.63) is 95.6 Å². The number of carbonyl (C=O) groups is 1. The molecule has 3 N–H and O–H groups in total. The molecule has 0 spiro atoms. The van der Waals surface area contributed by atoms with E-state index in [1.54, 1.807) is 13.3 Å². The first-order valence-electron chi connectivity index (χ1n) is 10.5. The first-order chi connectivity index (χ1) is 15.7. The molecule has 0 aliphatic carbocycles. The van der Waals surface area contributed by atoms with Crippen LogP contribution in [0, 0.1) is 0 Å². The van der Waals surface area contributed by atoms with Gasteiger partial charge in [-0.3, -0.25) is 4.79 Å². The zero-order valence-corrected chi connectivity index (χ0v) is 17.8. The minimum absolute atomic E-state index is 0.0273. The molecular weight excluding hydrogens is 404 g/mol. The van der Waals surface area contributed by atoms with E-state index in [0.29, 0.717) is 13.0 Å². The minimum Gasteiger partial charge on any atom is -0.497 e. The normalized spacial score (nSPS) is 17.9. The second kappa shape index (κ2) is 10.6. The molecule has 1 aliphatic rings. The topological polar surface area (TPSA) is 84.0 Å². The SMILES string of the molecule is COc1ccc(/C=N/NC(=O)C2CC(c3ccc(OCc4ccccc4)cc3)NN2)cc1. The Kier molecular flexibility index (Phi) is 7.12. The fourth-order valence-electron chi connectivity index (χ4n) is 3.42. The highest BCUT2D eigenvalue weighted by Gasteiger charge is 2.30. The number of nitrogens with one attached hydrogen (secondary N) is 3. The van der Waals surface area contributed by atoms with E-state index in [2.05, 4.69) is 21.4 Å². The molecule has 32 heavy (non-hydrogen) atoms. The average Bonchev–Trinajstić information content (AvgIpc) is 3.35. The van der Waals surface area contributed by atoms with Crippen LogP contribution in [0.25, 0.3) is 0 Å². The molecular formula is C25H26N4O3. The van der Waals surface area contributed by atoms with E-state index < -0.39 is 0 Å². The lowest BCUT2D eigenvalue weighted by Crippen LogP contribution is -2.41. The molecule has 7 nitrogen and oxygen atoms in total. The molecule has 0 radical (unpaired) electrons. The van der Waals surface area contributed by atoms with Crippen LogP contribution < -0.4 is 25.8 Å².